The van der Waals surface area contributed by atoms with Crippen LogP contribution in [0, 0.1) is 0 Å². The molecule has 0 amide bonds. The number of allylic oxidation sites excluding steroid dienone is 1. The number of thiophene rings is 1. The molecule has 0 spiro atoms. The second kappa shape index (κ2) is 7.06. The Morgan fingerprint density at radius 2 is 2.12 bits per heavy atom. The van der Waals surface area contributed by atoms with E-state index in [4.69, 9.17) is 4.98 Å². The molecule has 0 aliphatic carbocycles. The first-order valence-corrected chi connectivity index (χ1v) is 11.1. The molecule has 1 aliphatic heterocycles. The van der Waals surface area contributed by atoms with Crippen LogP contribution < -0.4 is 5.32 Å². The van der Waals surface area contributed by atoms with E-state index < -0.39 is 0 Å². The van der Waals surface area contributed by atoms with E-state index in [-0.39, 0.29) is 0 Å². The maximum Gasteiger partial charge on any atom is 0.135 e. The van der Waals surface area contributed by atoms with Gasteiger partial charge in [-0.1, -0.05) is 6.58 Å². The highest BCUT2D eigenvalue weighted by Gasteiger charge is 2.21. The molecule has 6 rings (SSSR count). The van der Waals surface area contributed by atoms with E-state index in [2.05, 4.69) is 56.6 Å². The summed E-state index contributed by atoms with van der Waals surface area (Å²) in [5.41, 5.74) is 9.94. The van der Waals surface area contributed by atoms with E-state index in [9.17, 15) is 0 Å². The summed E-state index contributed by atoms with van der Waals surface area (Å²) in [6.45, 7) is 6.85. The molecule has 5 aromatic rings. The van der Waals surface area contributed by atoms with E-state index >= 15 is 0 Å². The van der Waals surface area contributed by atoms with Crippen molar-refractivity contribution in [2.75, 3.05) is 0 Å². The normalized spacial score (nSPS) is 13.1. The lowest BCUT2D eigenvalue weighted by molar-refractivity contribution is 0.768. The van der Waals surface area contributed by atoms with Gasteiger partial charge < -0.3 is 10.3 Å². The number of fused-ring (bicyclic) bond motifs is 2. The van der Waals surface area contributed by atoms with Gasteiger partial charge in [-0.15, -0.1) is 11.3 Å². The Kier molecular flexibility index (Phi) is 4.16. The number of aromatic amines is 2. The van der Waals surface area contributed by atoms with Gasteiger partial charge in [0.15, 0.2) is 0 Å². The zero-order chi connectivity index (χ0) is 21.8. The van der Waals surface area contributed by atoms with Crippen LogP contribution in [0.1, 0.15) is 27.9 Å². The van der Waals surface area contributed by atoms with Gasteiger partial charge in [0.25, 0.3) is 0 Å². The van der Waals surface area contributed by atoms with Crippen molar-refractivity contribution < 1.29 is 0 Å². The highest BCUT2D eigenvalue weighted by atomic mass is 32.1. The Bertz CT molecular complexity index is 1520. The average molecular weight is 440 g/mol. The maximum absolute atomic E-state index is 4.90. The molecule has 6 heterocycles. The molecule has 1 aliphatic rings. The van der Waals surface area contributed by atoms with Crippen LogP contribution >= 0.6 is 11.3 Å². The van der Waals surface area contributed by atoms with E-state index in [0.29, 0.717) is 0 Å². The first kappa shape index (κ1) is 18.8. The van der Waals surface area contributed by atoms with Gasteiger partial charge in [0, 0.05) is 51.6 Å². The number of hydrogen-bond acceptors (Lipinski definition) is 5. The Balaban J connectivity index is 1.43. The van der Waals surface area contributed by atoms with E-state index in [1.165, 1.54) is 20.9 Å². The predicted molar refractivity (Wildman–Crippen MR) is 129 cm³/mol. The van der Waals surface area contributed by atoms with Gasteiger partial charge in [-0.3, -0.25) is 9.78 Å². The van der Waals surface area contributed by atoms with Crippen LogP contribution in [0.2, 0.25) is 0 Å². The van der Waals surface area contributed by atoms with Crippen LogP contribution in [-0.2, 0) is 13.6 Å². The van der Waals surface area contributed by atoms with Gasteiger partial charge >= 0.3 is 0 Å². The van der Waals surface area contributed by atoms with Gasteiger partial charge in [0.1, 0.15) is 11.2 Å². The second-order valence-electron chi connectivity index (χ2n) is 8.03. The number of nitrogens with one attached hydrogen (secondary N) is 3. The summed E-state index contributed by atoms with van der Waals surface area (Å²) in [7, 11) is 1.90. The number of nitrogens with zero attached hydrogens (tertiary/aromatic N) is 4. The first-order valence-electron chi connectivity index (χ1n) is 10.3. The van der Waals surface area contributed by atoms with E-state index in [1.54, 1.807) is 16.0 Å². The second-order valence-corrected chi connectivity index (χ2v) is 9.11. The van der Waals surface area contributed by atoms with Crippen LogP contribution in [0.15, 0.2) is 55.5 Å². The molecule has 3 N–H and O–H groups in total. The SMILES string of the molecule is C=C(C)c1ccc(C2=CNCc3[nH]c(-c4n[nH]c5ccc(-c6cnn(C)c6)nc45)cc32)s1. The summed E-state index contributed by atoms with van der Waals surface area (Å²) in [5, 5.41) is 15.4. The number of aryl methyl sites for hydroxylation is 1. The molecule has 0 unspecified atom stereocenters. The largest absolute Gasteiger partial charge is 0.385 e. The minimum atomic E-state index is 0.744. The molecule has 0 aromatic carbocycles. The van der Waals surface area contributed by atoms with Gasteiger partial charge in [-0.05, 0) is 42.8 Å². The standard InChI is InChI=1S/C24H21N7S/c1-13(2)21-6-7-22(32-21)16-10-25-11-20-15(16)8-19(27-20)24-23-18(29-30-24)5-4-17(28-23)14-9-26-31(3)12-14/h4-10,12,25,27H,1,11H2,2-3H3,(H,29,30). The highest BCUT2D eigenvalue weighted by molar-refractivity contribution is 7.14. The summed E-state index contributed by atoms with van der Waals surface area (Å²) < 4.78 is 1.78. The number of H-pyrrole nitrogens is 2. The average Bonchev–Trinajstić information content (AvgIpc) is 3.56. The van der Waals surface area contributed by atoms with Gasteiger partial charge in [-0.2, -0.15) is 10.2 Å². The molecule has 0 saturated heterocycles. The fourth-order valence-electron chi connectivity index (χ4n) is 4.05. The Morgan fingerprint density at radius 1 is 1.22 bits per heavy atom. The van der Waals surface area contributed by atoms with E-state index in [1.807, 2.05) is 38.5 Å². The summed E-state index contributed by atoms with van der Waals surface area (Å²) in [6.07, 6.45) is 5.88. The van der Waals surface area contributed by atoms with Gasteiger partial charge in [0.2, 0.25) is 0 Å². The van der Waals surface area contributed by atoms with E-state index in [0.717, 1.165) is 51.5 Å². The van der Waals surface area contributed by atoms with Crippen molar-refractivity contribution in [3.05, 3.63) is 76.5 Å². The number of aromatic nitrogens is 6. The molecule has 8 heteroatoms. The summed E-state index contributed by atoms with van der Waals surface area (Å²) >= 11 is 1.76. The van der Waals surface area contributed by atoms with Gasteiger partial charge in [-0.25, -0.2) is 4.98 Å². The Morgan fingerprint density at radius 3 is 2.91 bits per heavy atom. The van der Waals surface area contributed by atoms with Crippen molar-refractivity contribution in [1.82, 2.24) is 35.3 Å². The summed E-state index contributed by atoms with van der Waals surface area (Å²) in [6, 6.07) is 10.5. The smallest absolute Gasteiger partial charge is 0.135 e. The zero-order valence-electron chi connectivity index (χ0n) is 17.7. The molecule has 0 bridgehead atoms. The first-order chi connectivity index (χ1) is 15.6. The lowest BCUT2D eigenvalue weighted by Gasteiger charge is -2.14. The van der Waals surface area contributed by atoms with Gasteiger partial charge in [0.05, 0.1) is 29.6 Å². The molecule has 0 radical (unpaired) electrons. The van der Waals surface area contributed by atoms with Crippen LogP contribution in [-0.4, -0.2) is 29.9 Å². The van der Waals surface area contributed by atoms with Crippen LogP contribution in [0.3, 0.4) is 0 Å². The summed E-state index contributed by atoms with van der Waals surface area (Å²) in [5.74, 6) is 0. The molecule has 0 fully saturated rings. The molecule has 0 saturated carbocycles. The fraction of sp³-hybridized carbons (Fsp3) is 0.125. The molecular formula is C24H21N7S. The maximum atomic E-state index is 4.90. The molecular weight excluding hydrogens is 418 g/mol. The fourth-order valence-corrected chi connectivity index (χ4v) is 5.02. The van der Waals surface area contributed by atoms with Crippen LogP contribution in [0.25, 0.3) is 44.8 Å². The van der Waals surface area contributed by atoms with Crippen LogP contribution in [0.4, 0.5) is 0 Å². The molecule has 32 heavy (non-hydrogen) atoms. The number of hydrogen-bond donors (Lipinski definition) is 3. The number of rotatable bonds is 4. The topological polar surface area (TPSA) is 87.2 Å². The molecule has 0 atom stereocenters. The van der Waals surface area contributed by atoms with Crippen molar-refractivity contribution in [3.63, 3.8) is 0 Å². The Hall–Kier alpha value is -3.91. The van der Waals surface area contributed by atoms with Crippen LogP contribution in [0.5, 0.6) is 0 Å². The molecule has 5 aromatic heterocycles. The minimum absolute atomic E-state index is 0.744. The summed E-state index contributed by atoms with van der Waals surface area (Å²) in [4.78, 5) is 10.9. The molecule has 158 valence electrons. The zero-order valence-corrected chi connectivity index (χ0v) is 18.5. The number of pyridine rings is 1. The van der Waals surface area contributed by atoms with Crippen molar-refractivity contribution in [2.45, 2.75) is 13.5 Å². The predicted octanol–water partition coefficient (Wildman–Crippen LogP) is 4.94. The Labute approximate surface area is 188 Å². The van der Waals surface area contributed by atoms with Crippen molar-refractivity contribution in [2.24, 2.45) is 7.05 Å². The monoisotopic (exact) mass is 439 g/mol. The molecule has 7 nitrogen and oxygen atoms in total. The lowest BCUT2D eigenvalue weighted by atomic mass is 10.0. The lowest BCUT2D eigenvalue weighted by Crippen LogP contribution is -2.12. The third-order valence-electron chi connectivity index (χ3n) is 5.67. The third kappa shape index (κ3) is 2.99. The minimum Gasteiger partial charge on any atom is -0.385 e. The third-order valence-corrected chi connectivity index (χ3v) is 6.95. The highest BCUT2D eigenvalue weighted by Crippen LogP contribution is 2.37. The van der Waals surface area contributed by atoms with Crippen molar-refractivity contribution in [1.29, 1.82) is 0 Å². The quantitative estimate of drug-likeness (QED) is 0.370. The van der Waals surface area contributed by atoms with Crippen molar-refractivity contribution in [3.8, 4) is 22.6 Å². The van der Waals surface area contributed by atoms with Crippen molar-refractivity contribution >= 4 is 33.5 Å².